The standard InChI is InChI=1S/C26H19NO5/c1-27-15-17(20-5-3-4-6-22(20)27)13-24-25(28)21-12-11-19(14-23(21)32-24)31-26(29)16-7-9-18(30-2)10-8-16/h3-15H,1-2H3. The Bertz CT molecular complexity index is 1400. The van der Waals surface area contributed by atoms with Crippen LogP contribution in [0.25, 0.3) is 17.0 Å². The van der Waals surface area contributed by atoms with Gasteiger partial charge < -0.3 is 18.8 Å². The van der Waals surface area contributed by atoms with E-state index in [4.69, 9.17) is 14.2 Å². The van der Waals surface area contributed by atoms with Crippen molar-refractivity contribution < 1.29 is 23.8 Å². The molecule has 158 valence electrons. The van der Waals surface area contributed by atoms with Crippen LogP contribution in [0.3, 0.4) is 0 Å². The molecule has 0 atom stereocenters. The van der Waals surface area contributed by atoms with Gasteiger partial charge in [0.25, 0.3) is 0 Å². The molecule has 0 N–H and O–H groups in total. The molecule has 1 aliphatic heterocycles. The fourth-order valence-corrected chi connectivity index (χ4v) is 3.75. The Morgan fingerprint density at radius 1 is 1.00 bits per heavy atom. The molecular formula is C26H19NO5. The second kappa shape index (κ2) is 7.74. The number of hydrogen-bond acceptors (Lipinski definition) is 5. The molecule has 1 aromatic heterocycles. The lowest BCUT2D eigenvalue weighted by Crippen LogP contribution is -2.08. The third-order valence-electron chi connectivity index (χ3n) is 5.39. The Labute approximate surface area is 184 Å². The number of allylic oxidation sites excluding steroid dienone is 1. The van der Waals surface area contributed by atoms with E-state index in [1.165, 1.54) is 0 Å². The van der Waals surface area contributed by atoms with Crippen LogP contribution in [-0.4, -0.2) is 23.4 Å². The van der Waals surface area contributed by atoms with Gasteiger partial charge in [0.05, 0.1) is 18.2 Å². The first-order valence-electron chi connectivity index (χ1n) is 10.0. The summed E-state index contributed by atoms with van der Waals surface area (Å²) in [7, 11) is 3.52. The molecule has 0 unspecified atom stereocenters. The van der Waals surface area contributed by atoms with E-state index in [0.29, 0.717) is 28.4 Å². The van der Waals surface area contributed by atoms with E-state index in [9.17, 15) is 9.59 Å². The Kier molecular flexibility index (Phi) is 4.75. The monoisotopic (exact) mass is 425 g/mol. The fourth-order valence-electron chi connectivity index (χ4n) is 3.75. The van der Waals surface area contributed by atoms with Gasteiger partial charge in [0.2, 0.25) is 5.78 Å². The van der Waals surface area contributed by atoms with E-state index in [1.807, 2.05) is 42.1 Å². The van der Waals surface area contributed by atoms with Gasteiger partial charge in [0.15, 0.2) is 5.76 Å². The third-order valence-corrected chi connectivity index (χ3v) is 5.39. The number of hydrogen-bond donors (Lipinski definition) is 0. The van der Waals surface area contributed by atoms with Crippen LogP contribution in [0, 0.1) is 0 Å². The van der Waals surface area contributed by atoms with Gasteiger partial charge in [0.1, 0.15) is 17.2 Å². The van der Waals surface area contributed by atoms with E-state index >= 15 is 0 Å². The maximum absolute atomic E-state index is 12.8. The minimum Gasteiger partial charge on any atom is -0.497 e. The fraction of sp³-hybridized carbons (Fsp3) is 0.0769. The number of carbonyl (C=O) groups is 2. The first-order valence-corrected chi connectivity index (χ1v) is 10.0. The first-order chi connectivity index (χ1) is 15.5. The largest absolute Gasteiger partial charge is 0.497 e. The summed E-state index contributed by atoms with van der Waals surface area (Å²) in [5, 5.41) is 1.03. The van der Waals surface area contributed by atoms with E-state index in [1.54, 1.807) is 55.7 Å². The average molecular weight is 425 g/mol. The molecule has 0 fully saturated rings. The highest BCUT2D eigenvalue weighted by Gasteiger charge is 2.28. The molecule has 0 saturated heterocycles. The smallest absolute Gasteiger partial charge is 0.343 e. The summed E-state index contributed by atoms with van der Waals surface area (Å²) in [6.07, 6.45) is 3.70. The number of esters is 1. The lowest BCUT2D eigenvalue weighted by Gasteiger charge is -2.06. The average Bonchev–Trinajstić information content (AvgIpc) is 3.30. The van der Waals surface area contributed by atoms with Crippen LogP contribution in [0.4, 0.5) is 0 Å². The Balaban J connectivity index is 1.39. The Morgan fingerprint density at radius 2 is 1.75 bits per heavy atom. The zero-order chi connectivity index (χ0) is 22.2. The number of para-hydroxylation sites is 1. The number of aryl methyl sites for hydroxylation is 1. The Morgan fingerprint density at radius 3 is 2.53 bits per heavy atom. The van der Waals surface area contributed by atoms with E-state index in [2.05, 4.69) is 0 Å². The first kappa shape index (κ1) is 19.6. The minimum atomic E-state index is -0.511. The van der Waals surface area contributed by atoms with Gasteiger partial charge in [-0.2, -0.15) is 0 Å². The summed E-state index contributed by atoms with van der Waals surface area (Å²) in [5.74, 6) is 0.821. The molecule has 0 saturated carbocycles. The van der Waals surface area contributed by atoms with Crippen molar-refractivity contribution in [3.05, 3.63) is 95.4 Å². The molecule has 0 aliphatic carbocycles. The molecule has 32 heavy (non-hydrogen) atoms. The lowest BCUT2D eigenvalue weighted by atomic mass is 10.1. The molecule has 2 heterocycles. The summed E-state index contributed by atoms with van der Waals surface area (Å²) in [6, 6.07) is 19.3. The van der Waals surface area contributed by atoms with Crippen LogP contribution >= 0.6 is 0 Å². The van der Waals surface area contributed by atoms with E-state index < -0.39 is 5.97 Å². The number of fused-ring (bicyclic) bond motifs is 2. The van der Waals surface area contributed by atoms with Crippen LogP contribution in [-0.2, 0) is 7.05 Å². The number of aromatic nitrogens is 1. The second-order valence-corrected chi connectivity index (χ2v) is 7.43. The lowest BCUT2D eigenvalue weighted by molar-refractivity contribution is 0.0734. The number of Topliss-reactive ketones (excluding diaryl/α,β-unsaturated/α-hetero) is 1. The number of benzene rings is 3. The molecule has 1 aliphatic rings. The molecule has 0 spiro atoms. The second-order valence-electron chi connectivity index (χ2n) is 7.43. The van der Waals surface area contributed by atoms with Crippen LogP contribution in [0.1, 0.15) is 26.3 Å². The van der Waals surface area contributed by atoms with Gasteiger partial charge >= 0.3 is 5.97 Å². The number of ketones is 1. The summed E-state index contributed by atoms with van der Waals surface area (Å²) in [4.78, 5) is 25.3. The van der Waals surface area contributed by atoms with Crippen molar-refractivity contribution >= 4 is 28.7 Å². The minimum absolute atomic E-state index is 0.207. The van der Waals surface area contributed by atoms with Gasteiger partial charge in [-0.1, -0.05) is 18.2 Å². The normalized spacial score (nSPS) is 13.8. The number of ether oxygens (including phenoxy) is 3. The highest BCUT2D eigenvalue weighted by molar-refractivity contribution is 6.15. The molecule has 4 aromatic rings. The van der Waals surface area contributed by atoms with Crippen molar-refractivity contribution in [3.8, 4) is 17.2 Å². The van der Waals surface area contributed by atoms with E-state index in [0.717, 1.165) is 16.5 Å². The number of nitrogens with zero attached hydrogens (tertiary/aromatic N) is 1. The summed E-state index contributed by atoms with van der Waals surface area (Å²) in [5.41, 5.74) is 2.78. The zero-order valence-electron chi connectivity index (χ0n) is 17.5. The van der Waals surface area contributed by atoms with Gasteiger partial charge in [-0.15, -0.1) is 0 Å². The summed E-state index contributed by atoms with van der Waals surface area (Å²) < 4.78 is 18.4. The van der Waals surface area contributed by atoms with Gasteiger partial charge in [-0.05, 0) is 48.5 Å². The predicted molar refractivity (Wildman–Crippen MR) is 120 cm³/mol. The predicted octanol–water partition coefficient (Wildman–Crippen LogP) is 5.02. The molecule has 0 radical (unpaired) electrons. The van der Waals surface area contributed by atoms with E-state index in [-0.39, 0.29) is 11.5 Å². The van der Waals surface area contributed by atoms with Crippen molar-refractivity contribution in [1.29, 1.82) is 0 Å². The van der Waals surface area contributed by atoms with Gasteiger partial charge in [-0.25, -0.2) is 4.79 Å². The van der Waals surface area contributed by atoms with Crippen molar-refractivity contribution in [2.45, 2.75) is 0 Å². The third kappa shape index (κ3) is 3.41. The summed E-state index contributed by atoms with van der Waals surface area (Å²) >= 11 is 0. The molecule has 6 nitrogen and oxygen atoms in total. The SMILES string of the molecule is COc1ccc(C(=O)Oc2ccc3c(c2)OC(=Cc2cn(C)c4ccccc24)C3=O)cc1. The molecule has 0 bridgehead atoms. The van der Waals surface area contributed by atoms with Crippen molar-refractivity contribution in [1.82, 2.24) is 4.57 Å². The maximum atomic E-state index is 12.8. The molecule has 6 heteroatoms. The van der Waals surface area contributed by atoms with Crippen molar-refractivity contribution in [2.24, 2.45) is 7.05 Å². The number of methoxy groups -OCH3 is 1. The topological polar surface area (TPSA) is 66.8 Å². The molecule has 0 amide bonds. The molecular weight excluding hydrogens is 406 g/mol. The maximum Gasteiger partial charge on any atom is 0.343 e. The van der Waals surface area contributed by atoms with Crippen LogP contribution in [0.15, 0.2) is 78.7 Å². The van der Waals surface area contributed by atoms with Crippen LogP contribution in [0.5, 0.6) is 17.2 Å². The van der Waals surface area contributed by atoms with Crippen LogP contribution in [0.2, 0.25) is 0 Å². The molecule has 3 aromatic carbocycles. The quantitative estimate of drug-likeness (QED) is 0.261. The highest BCUT2D eigenvalue weighted by Crippen LogP contribution is 2.36. The van der Waals surface area contributed by atoms with Crippen LogP contribution < -0.4 is 14.2 Å². The van der Waals surface area contributed by atoms with Crippen molar-refractivity contribution in [3.63, 3.8) is 0 Å². The van der Waals surface area contributed by atoms with Gasteiger partial charge in [-0.3, -0.25) is 4.79 Å². The van der Waals surface area contributed by atoms with Crippen molar-refractivity contribution in [2.75, 3.05) is 7.11 Å². The highest BCUT2D eigenvalue weighted by atomic mass is 16.5. The van der Waals surface area contributed by atoms with Gasteiger partial charge in [0, 0.05) is 35.8 Å². The Hall–Kier alpha value is -4.32. The molecule has 5 rings (SSSR count). The zero-order valence-corrected chi connectivity index (χ0v) is 17.5. The number of rotatable bonds is 4. The summed E-state index contributed by atoms with van der Waals surface area (Å²) in [6.45, 7) is 0. The number of carbonyl (C=O) groups excluding carboxylic acids is 2.